The summed E-state index contributed by atoms with van der Waals surface area (Å²) in [4.78, 5) is 4.23. The molecule has 0 aliphatic heterocycles. The highest BCUT2D eigenvalue weighted by atomic mass is 16.5. The van der Waals surface area contributed by atoms with Crippen LogP contribution in [0.25, 0.3) is 0 Å². The number of imidazole rings is 1. The zero-order chi connectivity index (χ0) is 14.1. The van der Waals surface area contributed by atoms with E-state index in [2.05, 4.69) is 28.6 Å². The first kappa shape index (κ1) is 13.2. The summed E-state index contributed by atoms with van der Waals surface area (Å²) in [7, 11) is 0. The second-order valence-electron chi connectivity index (χ2n) is 5.64. The predicted molar refractivity (Wildman–Crippen MR) is 78.6 cm³/mol. The van der Waals surface area contributed by atoms with Crippen molar-refractivity contribution in [2.75, 3.05) is 0 Å². The van der Waals surface area contributed by atoms with Crippen LogP contribution in [0.3, 0.4) is 0 Å². The Labute approximate surface area is 119 Å². The van der Waals surface area contributed by atoms with Crippen molar-refractivity contribution in [3.63, 3.8) is 0 Å². The lowest BCUT2D eigenvalue weighted by Crippen LogP contribution is -2.09. The van der Waals surface area contributed by atoms with Gasteiger partial charge in [0.05, 0.1) is 18.2 Å². The molecular formula is C16H21N3O. The van der Waals surface area contributed by atoms with Gasteiger partial charge in [-0.3, -0.25) is 0 Å². The number of hydrogen-bond acceptors (Lipinski definition) is 3. The maximum absolute atomic E-state index is 6.00. The molecule has 0 bridgehead atoms. The van der Waals surface area contributed by atoms with Crippen LogP contribution in [0.15, 0.2) is 30.7 Å². The number of ether oxygens (including phenoxy) is 1. The molecule has 2 aromatic rings. The van der Waals surface area contributed by atoms with E-state index in [0.717, 1.165) is 17.0 Å². The first-order valence-electron chi connectivity index (χ1n) is 7.15. The highest BCUT2D eigenvalue weighted by Crippen LogP contribution is 2.36. The molecule has 2 N–H and O–H groups in total. The normalized spacial score (nSPS) is 16.1. The number of hydrogen-bond donors (Lipinski definition) is 1. The smallest absolute Gasteiger partial charge is 0.130 e. The number of benzene rings is 1. The Morgan fingerprint density at radius 2 is 2.25 bits per heavy atom. The van der Waals surface area contributed by atoms with E-state index in [4.69, 9.17) is 10.5 Å². The molecule has 1 aliphatic carbocycles. The van der Waals surface area contributed by atoms with Crippen LogP contribution in [0.4, 0.5) is 0 Å². The minimum Gasteiger partial charge on any atom is -0.487 e. The lowest BCUT2D eigenvalue weighted by molar-refractivity contribution is 0.290. The molecule has 0 amide bonds. The summed E-state index contributed by atoms with van der Waals surface area (Å²) in [6, 6.07) is 6.77. The van der Waals surface area contributed by atoms with Crippen LogP contribution in [0.2, 0.25) is 0 Å². The van der Waals surface area contributed by atoms with Crippen molar-refractivity contribution in [3.05, 3.63) is 47.5 Å². The van der Waals surface area contributed by atoms with Crippen LogP contribution >= 0.6 is 0 Å². The Morgan fingerprint density at radius 3 is 2.95 bits per heavy atom. The molecule has 4 heteroatoms. The average Bonchev–Trinajstić information content (AvgIpc) is 3.15. The summed E-state index contributed by atoms with van der Waals surface area (Å²) < 4.78 is 8.22. The van der Waals surface area contributed by atoms with E-state index in [1.807, 2.05) is 25.5 Å². The van der Waals surface area contributed by atoms with Crippen LogP contribution in [0, 0.1) is 6.92 Å². The zero-order valence-electron chi connectivity index (χ0n) is 12.0. The van der Waals surface area contributed by atoms with Gasteiger partial charge < -0.3 is 15.0 Å². The van der Waals surface area contributed by atoms with Crippen LogP contribution < -0.4 is 10.5 Å². The first-order valence-corrected chi connectivity index (χ1v) is 7.15. The van der Waals surface area contributed by atoms with Gasteiger partial charge in [-0.25, -0.2) is 4.98 Å². The first-order chi connectivity index (χ1) is 9.65. The Balaban J connectivity index is 1.77. The SMILES string of the molecule is Cc1ccc(C(C)N)c(OCc2cncn2C2CC2)c1. The molecule has 1 saturated carbocycles. The maximum atomic E-state index is 6.00. The fraction of sp³-hybridized carbons (Fsp3) is 0.438. The van der Waals surface area contributed by atoms with Gasteiger partial charge in [-0.05, 0) is 38.3 Å². The second kappa shape index (κ2) is 5.29. The molecule has 1 atom stereocenters. The molecule has 1 aromatic heterocycles. The van der Waals surface area contributed by atoms with Gasteiger partial charge in [0.25, 0.3) is 0 Å². The second-order valence-corrected chi connectivity index (χ2v) is 5.64. The summed E-state index contributed by atoms with van der Waals surface area (Å²) in [5.74, 6) is 0.878. The highest BCUT2D eigenvalue weighted by Gasteiger charge is 2.25. The number of nitrogens with two attached hydrogens (primary N) is 1. The van der Waals surface area contributed by atoms with Crippen LogP contribution in [0.5, 0.6) is 5.75 Å². The van der Waals surface area contributed by atoms with Gasteiger partial charge >= 0.3 is 0 Å². The average molecular weight is 271 g/mol. The summed E-state index contributed by atoms with van der Waals surface area (Å²) in [6.07, 6.45) is 6.29. The van der Waals surface area contributed by atoms with Gasteiger partial charge in [-0.15, -0.1) is 0 Å². The molecule has 1 aliphatic rings. The van der Waals surface area contributed by atoms with Crippen molar-refractivity contribution in [2.24, 2.45) is 5.73 Å². The molecule has 106 valence electrons. The Hall–Kier alpha value is -1.81. The molecule has 1 fully saturated rings. The van der Waals surface area contributed by atoms with E-state index in [0.29, 0.717) is 12.6 Å². The van der Waals surface area contributed by atoms with Crippen molar-refractivity contribution in [1.82, 2.24) is 9.55 Å². The van der Waals surface area contributed by atoms with Crippen molar-refractivity contribution < 1.29 is 4.74 Å². The minimum absolute atomic E-state index is 0.0288. The van der Waals surface area contributed by atoms with Crippen molar-refractivity contribution in [3.8, 4) is 5.75 Å². The van der Waals surface area contributed by atoms with Crippen molar-refractivity contribution in [1.29, 1.82) is 0 Å². The minimum atomic E-state index is -0.0288. The van der Waals surface area contributed by atoms with E-state index < -0.39 is 0 Å². The Bertz CT molecular complexity index is 600. The fourth-order valence-electron chi connectivity index (χ4n) is 2.42. The lowest BCUT2D eigenvalue weighted by Gasteiger charge is -2.15. The Morgan fingerprint density at radius 1 is 1.45 bits per heavy atom. The molecule has 0 spiro atoms. The molecule has 1 aromatic carbocycles. The maximum Gasteiger partial charge on any atom is 0.130 e. The van der Waals surface area contributed by atoms with Gasteiger partial charge in [0, 0.05) is 17.6 Å². The van der Waals surface area contributed by atoms with Crippen molar-refractivity contribution in [2.45, 2.75) is 45.4 Å². The van der Waals surface area contributed by atoms with Gasteiger partial charge in [0.15, 0.2) is 0 Å². The van der Waals surface area contributed by atoms with E-state index in [1.54, 1.807) is 0 Å². The van der Waals surface area contributed by atoms with Gasteiger partial charge in [0.1, 0.15) is 12.4 Å². The lowest BCUT2D eigenvalue weighted by atomic mass is 10.1. The highest BCUT2D eigenvalue weighted by molar-refractivity contribution is 5.39. The monoisotopic (exact) mass is 271 g/mol. The zero-order valence-corrected chi connectivity index (χ0v) is 12.0. The van der Waals surface area contributed by atoms with Crippen LogP contribution in [-0.4, -0.2) is 9.55 Å². The van der Waals surface area contributed by atoms with Crippen molar-refractivity contribution >= 4 is 0 Å². The summed E-state index contributed by atoms with van der Waals surface area (Å²) >= 11 is 0. The molecule has 4 nitrogen and oxygen atoms in total. The molecule has 1 unspecified atom stereocenters. The van der Waals surface area contributed by atoms with Gasteiger partial charge in [0.2, 0.25) is 0 Å². The molecule has 20 heavy (non-hydrogen) atoms. The van der Waals surface area contributed by atoms with E-state index in [-0.39, 0.29) is 6.04 Å². The summed E-state index contributed by atoms with van der Waals surface area (Å²) in [5.41, 5.74) is 9.36. The molecule has 1 heterocycles. The molecule has 0 saturated heterocycles. The number of rotatable bonds is 5. The van der Waals surface area contributed by atoms with E-state index in [9.17, 15) is 0 Å². The predicted octanol–water partition coefficient (Wildman–Crippen LogP) is 3.13. The van der Waals surface area contributed by atoms with E-state index >= 15 is 0 Å². The molecule has 0 radical (unpaired) electrons. The summed E-state index contributed by atoms with van der Waals surface area (Å²) in [5, 5.41) is 0. The largest absolute Gasteiger partial charge is 0.487 e. The third-order valence-electron chi connectivity index (χ3n) is 3.72. The van der Waals surface area contributed by atoms with Crippen LogP contribution in [0.1, 0.15) is 48.7 Å². The van der Waals surface area contributed by atoms with E-state index in [1.165, 1.54) is 18.4 Å². The topological polar surface area (TPSA) is 53.1 Å². The summed E-state index contributed by atoms with van der Waals surface area (Å²) in [6.45, 7) is 4.58. The fourth-order valence-corrected chi connectivity index (χ4v) is 2.42. The quantitative estimate of drug-likeness (QED) is 0.909. The molecule has 3 rings (SSSR count). The third kappa shape index (κ3) is 2.70. The number of aryl methyl sites for hydroxylation is 1. The van der Waals surface area contributed by atoms with Crippen LogP contribution in [-0.2, 0) is 6.61 Å². The number of nitrogens with zero attached hydrogens (tertiary/aromatic N) is 2. The standard InChI is InChI=1S/C16H21N3O/c1-11-3-6-15(12(2)17)16(7-11)20-9-14-8-18-10-19(14)13-4-5-13/h3,6-8,10,12-13H,4-5,9,17H2,1-2H3. The van der Waals surface area contributed by atoms with Gasteiger partial charge in [-0.1, -0.05) is 12.1 Å². The Kier molecular flexibility index (Phi) is 3.49. The number of aromatic nitrogens is 2. The van der Waals surface area contributed by atoms with Gasteiger partial charge in [-0.2, -0.15) is 0 Å². The third-order valence-corrected chi connectivity index (χ3v) is 3.72. The molecular weight excluding hydrogens is 250 g/mol.